The van der Waals surface area contributed by atoms with E-state index in [0.717, 1.165) is 24.4 Å². The molecule has 1 fully saturated rings. The van der Waals surface area contributed by atoms with Gasteiger partial charge in [0, 0.05) is 6.61 Å². The van der Waals surface area contributed by atoms with Crippen LogP contribution >= 0.6 is 0 Å². The molecule has 4 atom stereocenters. The van der Waals surface area contributed by atoms with E-state index in [2.05, 4.69) is 27.7 Å². The summed E-state index contributed by atoms with van der Waals surface area (Å²) in [7, 11) is 0. The summed E-state index contributed by atoms with van der Waals surface area (Å²) in [6.07, 6.45) is 1.76. The summed E-state index contributed by atoms with van der Waals surface area (Å²) in [4.78, 5) is 0. The van der Waals surface area contributed by atoms with Crippen molar-refractivity contribution in [3.05, 3.63) is 0 Å². The molecule has 11 heavy (non-hydrogen) atoms. The standard InChI is InChI=1S/C10H20O/c1-5-7(2)10-9(4)8(3)6-11-10/h7-10H,5-6H2,1-4H3/t7?,8-,9+,10?/m1/s1. The Kier molecular flexibility index (Phi) is 2.94. The second-order valence-corrected chi connectivity index (χ2v) is 4.02. The molecule has 0 bridgehead atoms. The van der Waals surface area contributed by atoms with Crippen LogP contribution in [0.15, 0.2) is 0 Å². The van der Waals surface area contributed by atoms with Gasteiger partial charge in [0.15, 0.2) is 0 Å². The SMILES string of the molecule is CCC(C)C1OC[C@@H](C)[C@@H]1C. The normalized spacial score (nSPS) is 40.9. The average molecular weight is 156 g/mol. The van der Waals surface area contributed by atoms with Gasteiger partial charge in [0.05, 0.1) is 6.10 Å². The Morgan fingerprint density at radius 2 is 2.09 bits per heavy atom. The van der Waals surface area contributed by atoms with E-state index < -0.39 is 0 Å². The number of hydrogen-bond donors (Lipinski definition) is 0. The Balaban J connectivity index is 2.47. The predicted octanol–water partition coefficient (Wildman–Crippen LogP) is 2.70. The van der Waals surface area contributed by atoms with Gasteiger partial charge in [-0.25, -0.2) is 0 Å². The van der Waals surface area contributed by atoms with E-state index >= 15 is 0 Å². The zero-order valence-corrected chi connectivity index (χ0v) is 8.13. The Labute approximate surface area is 70.1 Å². The van der Waals surface area contributed by atoms with E-state index in [0.29, 0.717) is 6.10 Å². The van der Waals surface area contributed by atoms with Crippen LogP contribution < -0.4 is 0 Å². The summed E-state index contributed by atoms with van der Waals surface area (Å²) in [5.41, 5.74) is 0. The molecule has 2 unspecified atom stereocenters. The predicted molar refractivity (Wildman–Crippen MR) is 47.5 cm³/mol. The molecule has 0 aromatic carbocycles. The molecule has 1 rings (SSSR count). The van der Waals surface area contributed by atoms with E-state index in [9.17, 15) is 0 Å². The monoisotopic (exact) mass is 156 g/mol. The minimum absolute atomic E-state index is 0.523. The van der Waals surface area contributed by atoms with Crippen molar-refractivity contribution in [2.45, 2.75) is 40.2 Å². The molecule has 0 aromatic heterocycles. The molecule has 0 aliphatic carbocycles. The Bertz CT molecular complexity index is 122. The second-order valence-electron chi connectivity index (χ2n) is 4.02. The molecule has 0 N–H and O–H groups in total. The fraction of sp³-hybridized carbons (Fsp3) is 1.00. The summed E-state index contributed by atoms with van der Waals surface area (Å²) >= 11 is 0. The lowest BCUT2D eigenvalue weighted by atomic mass is 9.87. The summed E-state index contributed by atoms with van der Waals surface area (Å²) in [6, 6.07) is 0. The molecule has 0 aromatic rings. The first-order valence-electron chi connectivity index (χ1n) is 4.78. The third-order valence-electron chi connectivity index (χ3n) is 3.17. The number of rotatable bonds is 2. The number of ether oxygens (including phenoxy) is 1. The highest BCUT2D eigenvalue weighted by atomic mass is 16.5. The second kappa shape index (κ2) is 3.57. The van der Waals surface area contributed by atoms with Crippen molar-refractivity contribution in [3.8, 4) is 0 Å². The van der Waals surface area contributed by atoms with Crippen molar-refractivity contribution in [2.24, 2.45) is 17.8 Å². The lowest BCUT2D eigenvalue weighted by molar-refractivity contribution is 0.0499. The molecule has 1 aliphatic heterocycles. The first-order chi connectivity index (χ1) is 5.16. The molecular weight excluding hydrogens is 136 g/mol. The fourth-order valence-electron chi connectivity index (χ4n) is 1.81. The minimum Gasteiger partial charge on any atom is -0.377 e. The highest BCUT2D eigenvalue weighted by Crippen LogP contribution is 2.31. The van der Waals surface area contributed by atoms with Crippen molar-refractivity contribution < 1.29 is 4.74 Å². The van der Waals surface area contributed by atoms with Gasteiger partial charge in [-0.05, 0) is 17.8 Å². The van der Waals surface area contributed by atoms with Crippen LogP contribution in [0.25, 0.3) is 0 Å². The van der Waals surface area contributed by atoms with Gasteiger partial charge in [0.1, 0.15) is 0 Å². The Morgan fingerprint density at radius 3 is 2.45 bits per heavy atom. The number of hydrogen-bond acceptors (Lipinski definition) is 1. The maximum Gasteiger partial charge on any atom is 0.0629 e. The topological polar surface area (TPSA) is 9.23 Å². The third kappa shape index (κ3) is 1.76. The molecule has 1 heterocycles. The van der Waals surface area contributed by atoms with Crippen LogP contribution in [0.2, 0.25) is 0 Å². The summed E-state index contributed by atoms with van der Waals surface area (Å²) < 4.78 is 5.73. The summed E-state index contributed by atoms with van der Waals surface area (Å²) in [6.45, 7) is 10.1. The minimum atomic E-state index is 0.523. The van der Waals surface area contributed by atoms with Gasteiger partial charge >= 0.3 is 0 Å². The van der Waals surface area contributed by atoms with Crippen LogP contribution in [0.1, 0.15) is 34.1 Å². The van der Waals surface area contributed by atoms with Crippen LogP contribution in [0.5, 0.6) is 0 Å². The quantitative estimate of drug-likeness (QED) is 0.597. The van der Waals surface area contributed by atoms with E-state index in [1.165, 1.54) is 6.42 Å². The van der Waals surface area contributed by atoms with E-state index in [4.69, 9.17) is 4.74 Å². The lowest BCUT2D eigenvalue weighted by Gasteiger charge is -2.21. The van der Waals surface area contributed by atoms with Crippen LogP contribution in [0.4, 0.5) is 0 Å². The van der Waals surface area contributed by atoms with Gasteiger partial charge in [-0.1, -0.05) is 34.1 Å². The van der Waals surface area contributed by atoms with Gasteiger partial charge in [-0.15, -0.1) is 0 Å². The van der Waals surface area contributed by atoms with Crippen molar-refractivity contribution in [2.75, 3.05) is 6.61 Å². The van der Waals surface area contributed by atoms with Gasteiger partial charge in [-0.2, -0.15) is 0 Å². The molecular formula is C10H20O. The molecule has 0 spiro atoms. The largest absolute Gasteiger partial charge is 0.377 e. The molecule has 1 nitrogen and oxygen atoms in total. The molecule has 0 saturated carbocycles. The lowest BCUT2D eigenvalue weighted by Crippen LogP contribution is -2.23. The summed E-state index contributed by atoms with van der Waals surface area (Å²) in [5.74, 6) is 2.24. The van der Waals surface area contributed by atoms with Crippen LogP contribution in [-0.2, 0) is 4.74 Å². The van der Waals surface area contributed by atoms with Gasteiger partial charge in [0.25, 0.3) is 0 Å². The molecule has 1 saturated heterocycles. The fourth-order valence-corrected chi connectivity index (χ4v) is 1.81. The molecule has 0 radical (unpaired) electrons. The smallest absolute Gasteiger partial charge is 0.0629 e. The van der Waals surface area contributed by atoms with Crippen LogP contribution in [0.3, 0.4) is 0 Å². The first-order valence-corrected chi connectivity index (χ1v) is 4.78. The van der Waals surface area contributed by atoms with Gasteiger partial charge < -0.3 is 4.74 Å². The Morgan fingerprint density at radius 1 is 1.45 bits per heavy atom. The van der Waals surface area contributed by atoms with E-state index in [-0.39, 0.29) is 0 Å². The van der Waals surface area contributed by atoms with E-state index in [1.54, 1.807) is 0 Å². The van der Waals surface area contributed by atoms with Crippen molar-refractivity contribution in [3.63, 3.8) is 0 Å². The van der Waals surface area contributed by atoms with Gasteiger partial charge in [0.2, 0.25) is 0 Å². The molecule has 66 valence electrons. The molecule has 1 aliphatic rings. The van der Waals surface area contributed by atoms with E-state index in [1.807, 2.05) is 0 Å². The third-order valence-corrected chi connectivity index (χ3v) is 3.17. The highest BCUT2D eigenvalue weighted by molar-refractivity contribution is 4.81. The summed E-state index contributed by atoms with van der Waals surface area (Å²) in [5, 5.41) is 0. The van der Waals surface area contributed by atoms with Crippen molar-refractivity contribution >= 4 is 0 Å². The maximum atomic E-state index is 5.73. The van der Waals surface area contributed by atoms with Crippen LogP contribution in [-0.4, -0.2) is 12.7 Å². The first kappa shape index (κ1) is 9.05. The average Bonchev–Trinajstić information content (AvgIpc) is 2.32. The Hall–Kier alpha value is -0.0400. The zero-order chi connectivity index (χ0) is 8.43. The van der Waals surface area contributed by atoms with Crippen molar-refractivity contribution in [1.29, 1.82) is 0 Å². The zero-order valence-electron chi connectivity index (χ0n) is 8.13. The van der Waals surface area contributed by atoms with Gasteiger partial charge in [-0.3, -0.25) is 0 Å². The van der Waals surface area contributed by atoms with Crippen LogP contribution in [0, 0.1) is 17.8 Å². The maximum absolute atomic E-state index is 5.73. The molecule has 1 heteroatoms. The molecule has 0 amide bonds. The van der Waals surface area contributed by atoms with Crippen molar-refractivity contribution in [1.82, 2.24) is 0 Å². The highest BCUT2D eigenvalue weighted by Gasteiger charge is 2.33.